The molecule has 2 aromatic heterocycles. The Balaban J connectivity index is 1.83. The molecule has 4 rings (SSSR count). The standard InChI is InChI=1S/C18H15FN4O3S/c1-11-21-18(26-22-11)17(23-27(24,25)13-5-3-2-4-6-13)15-10-20-16-9-12(19)7-8-14(15)16/h2-10,17,20,23H,1H3. The van der Waals surface area contributed by atoms with Gasteiger partial charge < -0.3 is 9.51 Å². The molecule has 2 heterocycles. The monoisotopic (exact) mass is 386 g/mol. The summed E-state index contributed by atoms with van der Waals surface area (Å²) >= 11 is 0. The van der Waals surface area contributed by atoms with Crippen molar-refractivity contribution in [2.24, 2.45) is 0 Å². The molecule has 138 valence electrons. The summed E-state index contributed by atoms with van der Waals surface area (Å²) in [4.78, 5) is 7.23. The summed E-state index contributed by atoms with van der Waals surface area (Å²) < 4.78 is 47.0. The number of fused-ring (bicyclic) bond motifs is 1. The molecule has 1 unspecified atom stereocenters. The van der Waals surface area contributed by atoms with Crippen LogP contribution >= 0.6 is 0 Å². The third kappa shape index (κ3) is 3.34. The zero-order valence-corrected chi connectivity index (χ0v) is 15.0. The Labute approximate surface area is 154 Å². The van der Waals surface area contributed by atoms with Crippen LogP contribution in [0.2, 0.25) is 0 Å². The summed E-state index contributed by atoms with van der Waals surface area (Å²) in [6.45, 7) is 1.64. The van der Waals surface area contributed by atoms with E-state index in [-0.39, 0.29) is 10.8 Å². The molecule has 9 heteroatoms. The predicted octanol–water partition coefficient (Wildman–Crippen LogP) is 3.07. The Morgan fingerprint density at radius 2 is 1.96 bits per heavy atom. The van der Waals surface area contributed by atoms with Crippen LogP contribution < -0.4 is 4.72 Å². The van der Waals surface area contributed by atoms with Crippen molar-refractivity contribution in [3.05, 3.63) is 77.8 Å². The lowest BCUT2D eigenvalue weighted by atomic mass is 10.1. The minimum absolute atomic E-state index is 0.0947. The summed E-state index contributed by atoms with van der Waals surface area (Å²) in [7, 11) is -3.87. The number of nitrogens with zero attached hydrogens (tertiary/aromatic N) is 2. The maximum absolute atomic E-state index is 13.5. The third-order valence-electron chi connectivity index (χ3n) is 4.10. The van der Waals surface area contributed by atoms with Crippen LogP contribution in [0.25, 0.3) is 10.9 Å². The van der Waals surface area contributed by atoms with E-state index in [0.29, 0.717) is 22.3 Å². The number of nitrogens with one attached hydrogen (secondary N) is 2. The Kier molecular flexibility index (Phi) is 4.25. The van der Waals surface area contributed by atoms with Crippen LogP contribution in [0.15, 0.2) is 64.1 Å². The number of benzene rings is 2. The van der Waals surface area contributed by atoms with E-state index in [1.807, 2.05) is 0 Å². The van der Waals surface area contributed by atoms with Crippen molar-refractivity contribution in [2.75, 3.05) is 0 Å². The molecule has 0 spiro atoms. The normalized spacial score (nSPS) is 13.1. The van der Waals surface area contributed by atoms with Crippen LogP contribution in [0, 0.1) is 12.7 Å². The highest BCUT2D eigenvalue weighted by Crippen LogP contribution is 2.30. The summed E-state index contributed by atoms with van der Waals surface area (Å²) in [5, 5.41) is 4.40. The van der Waals surface area contributed by atoms with Gasteiger partial charge in [0.15, 0.2) is 5.82 Å². The molecule has 7 nitrogen and oxygen atoms in total. The number of aromatic amines is 1. The second kappa shape index (κ2) is 6.60. The van der Waals surface area contributed by atoms with Crippen molar-refractivity contribution < 1.29 is 17.3 Å². The first kappa shape index (κ1) is 17.4. The Hall–Kier alpha value is -3.04. The number of H-pyrrole nitrogens is 1. The summed E-state index contributed by atoms with van der Waals surface area (Å²) in [5.41, 5.74) is 1.08. The summed E-state index contributed by atoms with van der Waals surface area (Å²) in [6, 6.07) is 11.3. The van der Waals surface area contributed by atoms with E-state index in [0.717, 1.165) is 0 Å². The maximum Gasteiger partial charge on any atom is 0.249 e. The molecule has 2 aromatic carbocycles. The van der Waals surface area contributed by atoms with E-state index in [9.17, 15) is 12.8 Å². The van der Waals surface area contributed by atoms with Crippen LogP contribution in [0.3, 0.4) is 0 Å². The van der Waals surface area contributed by atoms with Gasteiger partial charge in [-0.05, 0) is 37.3 Å². The van der Waals surface area contributed by atoms with E-state index in [4.69, 9.17) is 4.52 Å². The minimum Gasteiger partial charge on any atom is -0.361 e. The first-order chi connectivity index (χ1) is 12.9. The molecule has 0 bridgehead atoms. The largest absolute Gasteiger partial charge is 0.361 e. The lowest BCUT2D eigenvalue weighted by Crippen LogP contribution is -2.29. The number of halogens is 1. The molecule has 4 aromatic rings. The van der Waals surface area contributed by atoms with Crippen LogP contribution in [-0.2, 0) is 10.0 Å². The van der Waals surface area contributed by atoms with E-state index in [1.165, 1.54) is 24.3 Å². The van der Waals surface area contributed by atoms with E-state index < -0.39 is 21.9 Å². The predicted molar refractivity (Wildman–Crippen MR) is 95.9 cm³/mol. The van der Waals surface area contributed by atoms with E-state index >= 15 is 0 Å². The summed E-state index contributed by atoms with van der Waals surface area (Å²) in [6.07, 6.45) is 1.60. The average molecular weight is 386 g/mol. The topological polar surface area (TPSA) is 101 Å². The lowest BCUT2D eigenvalue weighted by Gasteiger charge is -2.15. The number of aryl methyl sites for hydroxylation is 1. The van der Waals surface area contributed by atoms with Gasteiger partial charge in [0.25, 0.3) is 0 Å². The van der Waals surface area contributed by atoms with Gasteiger partial charge in [0.2, 0.25) is 15.9 Å². The Morgan fingerprint density at radius 3 is 2.67 bits per heavy atom. The van der Waals surface area contributed by atoms with Gasteiger partial charge in [0.05, 0.1) is 4.90 Å². The first-order valence-corrected chi connectivity index (χ1v) is 9.56. The third-order valence-corrected chi connectivity index (χ3v) is 5.54. The lowest BCUT2D eigenvalue weighted by molar-refractivity contribution is 0.357. The van der Waals surface area contributed by atoms with Gasteiger partial charge >= 0.3 is 0 Å². The molecule has 0 aliphatic heterocycles. The molecule has 0 saturated carbocycles. The second-order valence-corrected chi connectivity index (χ2v) is 7.70. The maximum atomic E-state index is 13.5. The number of aromatic nitrogens is 3. The molecule has 1 atom stereocenters. The zero-order valence-electron chi connectivity index (χ0n) is 14.2. The van der Waals surface area contributed by atoms with Gasteiger partial charge in [-0.1, -0.05) is 23.4 Å². The van der Waals surface area contributed by atoms with Crippen molar-refractivity contribution in [2.45, 2.75) is 17.9 Å². The highest BCUT2D eigenvalue weighted by molar-refractivity contribution is 7.89. The Morgan fingerprint density at radius 1 is 1.19 bits per heavy atom. The SMILES string of the molecule is Cc1noc(C(NS(=O)(=O)c2ccccc2)c2c[nH]c3cc(F)ccc23)n1. The minimum atomic E-state index is -3.87. The molecule has 0 fully saturated rings. The van der Waals surface area contributed by atoms with Crippen molar-refractivity contribution in [3.8, 4) is 0 Å². The molecular formula is C18H15FN4O3S. The van der Waals surface area contributed by atoms with Crippen molar-refractivity contribution in [1.29, 1.82) is 0 Å². The molecule has 2 N–H and O–H groups in total. The van der Waals surface area contributed by atoms with Gasteiger partial charge in [-0.25, -0.2) is 12.8 Å². The highest BCUT2D eigenvalue weighted by atomic mass is 32.2. The van der Waals surface area contributed by atoms with E-state index in [1.54, 1.807) is 37.4 Å². The number of rotatable bonds is 5. The molecule has 0 radical (unpaired) electrons. The molecule has 0 aliphatic carbocycles. The van der Waals surface area contributed by atoms with Crippen molar-refractivity contribution >= 4 is 20.9 Å². The van der Waals surface area contributed by atoms with Crippen molar-refractivity contribution in [3.63, 3.8) is 0 Å². The Bertz CT molecular complexity index is 1200. The van der Waals surface area contributed by atoms with Crippen LogP contribution in [0.1, 0.15) is 23.3 Å². The summed E-state index contributed by atoms with van der Waals surface area (Å²) in [5.74, 6) is 0.0722. The van der Waals surface area contributed by atoms with Crippen LogP contribution in [0.5, 0.6) is 0 Å². The average Bonchev–Trinajstić information content (AvgIpc) is 3.26. The fourth-order valence-electron chi connectivity index (χ4n) is 2.86. The molecule has 27 heavy (non-hydrogen) atoms. The van der Waals surface area contributed by atoms with E-state index in [2.05, 4.69) is 19.8 Å². The van der Waals surface area contributed by atoms with Gasteiger partial charge in [0.1, 0.15) is 11.9 Å². The smallest absolute Gasteiger partial charge is 0.249 e. The number of hydrogen-bond acceptors (Lipinski definition) is 5. The molecular weight excluding hydrogens is 371 g/mol. The second-order valence-electron chi connectivity index (χ2n) is 5.98. The van der Waals surface area contributed by atoms with Crippen LogP contribution in [-0.4, -0.2) is 23.5 Å². The number of sulfonamides is 1. The molecule has 0 aliphatic rings. The molecule has 0 amide bonds. The van der Waals surface area contributed by atoms with Crippen LogP contribution in [0.4, 0.5) is 4.39 Å². The fourth-order valence-corrected chi connectivity index (χ4v) is 4.05. The van der Waals surface area contributed by atoms with Gasteiger partial charge in [0, 0.05) is 22.7 Å². The van der Waals surface area contributed by atoms with Gasteiger partial charge in [-0.15, -0.1) is 0 Å². The highest BCUT2D eigenvalue weighted by Gasteiger charge is 2.29. The zero-order chi connectivity index (χ0) is 19.0. The first-order valence-electron chi connectivity index (χ1n) is 8.08. The fraction of sp³-hybridized carbons (Fsp3) is 0.111. The number of hydrogen-bond donors (Lipinski definition) is 2. The quantitative estimate of drug-likeness (QED) is 0.549. The molecule has 0 saturated heterocycles. The van der Waals surface area contributed by atoms with Gasteiger partial charge in [-0.2, -0.15) is 9.71 Å². The van der Waals surface area contributed by atoms with Gasteiger partial charge in [-0.3, -0.25) is 0 Å². The van der Waals surface area contributed by atoms with Crippen molar-refractivity contribution in [1.82, 2.24) is 19.8 Å².